The number of nitrogens with one attached hydrogen (secondary N) is 2. The Morgan fingerprint density at radius 3 is 2.59 bits per heavy atom. The minimum atomic E-state index is -0.702. The number of H-pyrrole nitrogens is 1. The topological polar surface area (TPSA) is 88.3 Å². The highest BCUT2D eigenvalue weighted by Crippen LogP contribution is 2.15. The van der Waals surface area contributed by atoms with Gasteiger partial charge in [0.05, 0.1) is 5.56 Å². The van der Waals surface area contributed by atoms with Gasteiger partial charge in [-0.3, -0.25) is 9.59 Å². The lowest BCUT2D eigenvalue weighted by Gasteiger charge is -2.20. The lowest BCUT2D eigenvalue weighted by Crippen LogP contribution is -2.42. The van der Waals surface area contributed by atoms with Crippen molar-refractivity contribution in [3.05, 3.63) is 46.2 Å². The number of para-hydroxylation sites is 1. The quantitative estimate of drug-likeness (QED) is 0.843. The lowest BCUT2D eigenvalue weighted by atomic mass is 10.1. The van der Waals surface area contributed by atoms with Crippen LogP contribution in [0.3, 0.4) is 0 Å². The van der Waals surface area contributed by atoms with Gasteiger partial charge >= 0.3 is 5.97 Å². The molecule has 0 fully saturated rings. The first kappa shape index (κ1) is 15.8. The number of rotatable bonds is 3. The first-order valence-electron chi connectivity index (χ1n) is 6.86. The van der Waals surface area contributed by atoms with Crippen LogP contribution in [0.5, 0.6) is 0 Å². The second-order valence-corrected chi connectivity index (χ2v) is 5.97. The summed E-state index contributed by atoms with van der Waals surface area (Å²) in [7, 11) is 0. The maximum atomic E-state index is 12.1. The summed E-state index contributed by atoms with van der Waals surface area (Å²) in [6.07, 6.45) is 0. The van der Waals surface area contributed by atoms with Crippen LogP contribution < -0.4 is 10.9 Å². The largest absolute Gasteiger partial charge is 0.452 e. The standard InChI is InChI=1S/C16H18N2O4/c1-16(2,3)18-14(20)9-22-15(21)11-8-13(19)17-12-7-5-4-6-10(11)12/h4-8H,9H2,1-3H3,(H,17,19)(H,18,20). The number of ether oxygens (including phenoxy) is 1. The molecule has 0 aliphatic rings. The molecule has 0 bridgehead atoms. The fourth-order valence-electron chi connectivity index (χ4n) is 2.04. The Balaban J connectivity index is 2.17. The molecule has 22 heavy (non-hydrogen) atoms. The van der Waals surface area contributed by atoms with Crippen molar-refractivity contribution < 1.29 is 14.3 Å². The van der Waals surface area contributed by atoms with E-state index in [4.69, 9.17) is 4.74 Å². The van der Waals surface area contributed by atoms with Crippen LogP contribution in [-0.2, 0) is 9.53 Å². The number of hydrogen-bond acceptors (Lipinski definition) is 4. The Morgan fingerprint density at radius 2 is 1.91 bits per heavy atom. The zero-order valence-corrected chi connectivity index (χ0v) is 12.7. The number of amides is 1. The summed E-state index contributed by atoms with van der Waals surface area (Å²) in [4.78, 5) is 38.0. The lowest BCUT2D eigenvalue weighted by molar-refractivity contribution is -0.125. The van der Waals surface area contributed by atoms with E-state index in [2.05, 4.69) is 10.3 Å². The first-order valence-corrected chi connectivity index (χ1v) is 6.86. The molecule has 2 aromatic rings. The van der Waals surface area contributed by atoms with E-state index in [0.717, 1.165) is 0 Å². The SMILES string of the molecule is CC(C)(C)NC(=O)COC(=O)c1cc(=O)[nH]c2ccccc12. The fraction of sp³-hybridized carbons (Fsp3) is 0.312. The number of aromatic nitrogens is 1. The summed E-state index contributed by atoms with van der Waals surface area (Å²) in [5.74, 6) is -1.10. The monoisotopic (exact) mass is 302 g/mol. The number of esters is 1. The normalized spacial score (nSPS) is 11.2. The van der Waals surface area contributed by atoms with E-state index >= 15 is 0 Å². The second kappa shape index (κ2) is 6.01. The van der Waals surface area contributed by atoms with Gasteiger partial charge in [-0.25, -0.2) is 4.79 Å². The van der Waals surface area contributed by atoms with E-state index in [-0.39, 0.29) is 5.56 Å². The van der Waals surface area contributed by atoms with E-state index in [1.54, 1.807) is 24.3 Å². The molecule has 1 aromatic carbocycles. The first-order chi connectivity index (χ1) is 10.3. The summed E-state index contributed by atoms with van der Waals surface area (Å²) in [5, 5.41) is 3.26. The van der Waals surface area contributed by atoms with E-state index in [1.807, 2.05) is 20.8 Å². The van der Waals surface area contributed by atoms with Gasteiger partial charge < -0.3 is 15.0 Å². The van der Waals surface area contributed by atoms with Gasteiger partial charge in [-0.15, -0.1) is 0 Å². The third kappa shape index (κ3) is 3.94. The highest BCUT2D eigenvalue weighted by Gasteiger charge is 2.17. The molecule has 1 heterocycles. The molecule has 6 heteroatoms. The minimum absolute atomic E-state index is 0.142. The molecule has 0 saturated heterocycles. The van der Waals surface area contributed by atoms with Crippen molar-refractivity contribution in [2.45, 2.75) is 26.3 Å². The van der Waals surface area contributed by atoms with Crippen LogP contribution >= 0.6 is 0 Å². The summed E-state index contributed by atoms with van der Waals surface area (Å²) < 4.78 is 5.00. The third-order valence-electron chi connectivity index (χ3n) is 2.82. The van der Waals surface area contributed by atoms with Gasteiger partial charge in [-0.2, -0.15) is 0 Å². The Labute approximate surface area is 127 Å². The number of pyridine rings is 1. The van der Waals surface area contributed by atoms with Gasteiger partial charge in [0.25, 0.3) is 5.91 Å². The number of carbonyl (C=O) groups excluding carboxylic acids is 2. The molecule has 0 saturated carbocycles. The van der Waals surface area contributed by atoms with Gasteiger partial charge in [-0.1, -0.05) is 18.2 Å². The predicted octanol–water partition coefficient (Wildman–Crippen LogP) is 1.60. The highest BCUT2D eigenvalue weighted by atomic mass is 16.5. The van der Waals surface area contributed by atoms with E-state index in [0.29, 0.717) is 10.9 Å². The third-order valence-corrected chi connectivity index (χ3v) is 2.82. The minimum Gasteiger partial charge on any atom is -0.452 e. The van der Waals surface area contributed by atoms with Crippen LogP contribution in [0, 0.1) is 0 Å². The van der Waals surface area contributed by atoms with E-state index < -0.39 is 29.6 Å². The molecular weight excluding hydrogens is 284 g/mol. The van der Waals surface area contributed by atoms with Gasteiger partial charge in [0.1, 0.15) is 0 Å². The predicted molar refractivity (Wildman–Crippen MR) is 82.7 cm³/mol. The molecule has 1 amide bonds. The van der Waals surface area contributed by atoms with E-state index in [1.165, 1.54) is 6.07 Å². The molecule has 0 atom stereocenters. The Kier molecular flexibility index (Phi) is 4.30. The number of aromatic amines is 1. The summed E-state index contributed by atoms with van der Waals surface area (Å²) >= 11 is 0. The molecule has 2 rings (SSSR count). The molecular formula is C16H18N2O4. The van der Waals surface area contributed by atoms with E-state index in [9.17, 15) is 14.4 Å². The Hall–Kier alpha value is -2.63. The molecule has 6 nitrogen and oxygen atoms in total. The number of fused-ring (bicyclic) bond motifs is 1. The van der Waals surface area contributed by atoms with Crippen LogP contribution in [0.25, 0.3) is 10.9 Å². The Bertz CT molecular complexity index is 772. The number of hydrogen-bond donors (Lipinski definition) is 2. The Morgan fingerprint density at radius 1 is 1.23 bits per heavy atom. The molecule has 0 aliphatic heterocycles. The smallest absolute Gasteiger partial charge is 0.339 e. The van der Waals surface area contributed by atoms with Crippen LogP contribution in [-0.4, -0.2) is 29.0 Å². The van der Waals surface area contributed by atoms with Crippen molar-refractivity contribution in [1.82, 2.24) is 10.3 Å². The number of benzene rings is 1. The van der Waals surface area contributed by atoms with Gasteiger partial charge in [0.2, 0.25) is 5.56 Å². The molecule has 0 unspecified atom stereocenters. The maximum absolute atomic E-state index is 12.1. The van der Waals surface area contributed by atoms with Crippen LogP contribution in [0.1, 0.15) is 31.1 Å². The van der Waals surface area contributed by atoms with Crippen molar-refractivity contribution in [1.29, 1.82) is 0 Å². The number of carbonyl (C=O) groups is 2. The highest BCUT2D eigenvalue weighted by molar-refractivity contribution is 6.03. The molecule has 2 N–H and O–H groups in total. The van der Waals surface area contributed by atoms with Crippen molar-refractivity contribution in [3.8, 4) is 0 Å². The van der Waals surface area contributed by atoms with Crippen molar-refractivity contribution in [2.75, 3.05) is 6.61 Å². The van der Waals surface area contributed by atoms with Crippen LogP contribution in [0.4, 0.5) is 0 Å². The van der Waals surface area contributed by atoms with Crippen molar-refractivity contribution >= 4 is 22.8 Å². The second-order valence-electron chi connectivity index (χ2n) is 5.97. The molecule has 0 aliphatic carbocycles. The maximum Gasteiger partial charge on any atom is 0.339 e. The molecule has 0 radical (unpaired) electrons. The van der Waals surface area contributed by atoms with Crippen molar-refractivity contribution in [2.24, 2.45) is 0 Å². The average Bonchev–Trinajstić information content (AvgIpc) is 2.42. The van der Waals surface area contributed by atoms with Gasteiger partial charge in [-0.05, 0) is 26.8 Å². The molecule has 116 valence electrons. The molecule has 1 aromatic heterocycles. The zero-order valence-electron chi connectivity index (χ0n) is 12.7. The summed E-state index contributed by atoms with van der Waals surface area (Å²) in [6, 6.07) is 8.08. The molecule has 0 spiro atoms. The summed E-state index contributed by atoms with van der Waals surface area (Å²) in [6.45, 7) is 5.10. The fourth-order valence-corrected chi connectivity index (χ4v) is 2.04. The van der Waals surface area contributed by atoms with Crippen molar-refractivity contribution in [3.63, 3.8) is 0 Å². The van der Waals surface area contributed by atoms with Gasteiger partial charge in [0, 0.05) is 22.5 Å². The zero-order chi connectivity index (χ0) is 16.3. The van der Waals surface area contributed by atoms with Crippen LogP contribution in [0.15, 0.2) is 35.1 Å². The van der Waals surface area contributed by atoms with Crippen LogP contribution in [0.2, 0.25) is 0 Å². The van der Waals surface area contributed by atoms with Gasteiger partial charge in [0.15, 0.2) is 6.61 Å². The average molecular weight is 302 g/mol. The summed E-state index contributed by atoms with van der Waals surface area (Å²) in [5.41, 5.74) is -0.117.